The normalized spacial score (nSPS) is 11.1. The molecule has 1 aromatic rings. The third-order valence-electron chi connectivity index (χ3n) is 3.25. The molecule has 0 fully saturated rings. The monoisotopic (exact) mass is 284 g/mol. The lowest BCUT2D eigenvalue weighted by atomic mass is 10.3. The molecule has 18 heavy (non-hydrogen) atoms. The number of unbranched alkanes of at least 4 members (excludes halogenated alkanes) is 4. The van der Waals surface area contributed by atoms with E-state index in [1.807, 2.05) is 12.1 Å². The van der Waals surface area contributed by atoms with Crippen molar-refractivity contribution in [2.24, 2.45) is 0 Å². The highest BCUT2D eigenvalue weighted by Crippen LogP contribution is 2.37. The van der Waals surface area contributed by atoms with Crippen molar-refractivity contribution >= 4 is 24.8 Å². The minimum atomic E-state index is 0.0500. The summed E-state index contributed by atoms with van der Waals surface area (Å²) in [6, 6.07) is 8.58. The van der Waals surface area contributed by atoms with Gasteiger partial charge in [0.1, 0.15) is 0 Å². The molecule has 0 saturated carbocycles. The molecular formula is C16H26ClP. The van der Waals surface area contributed by atoms with Crippen LogP contribution in [0.3, 0.4) is 0 Å². The first-order valence-corrected chi connectivity index (χ1v) is 9.37. The predicted molar refractivity (Wildman–Crippen MR) is 86.8 cm³/mol. The van der Waals surface area contributed by atoms with E-state index in [4.69, 9.17) is 11.6 Å². The maximum absolute atomic E-state index is 5.98. The summed E-state index contributed by atoms with van der Waals surface area (Å²) in [4.78, 5) is 0. The molecule has 0 radical (unpaired) electrons. The molecule has 0 heterocycles. The Labute approximate surface area is 119 Å². The first-order chi connectivity index (χ1) is 8.77. The lowest BCUT2D eigenvalue weighted by Crippen LogP contribution is -2.06. The second-order valence-corrected chi connectivity index (χ2v) is 7.80. The SMILES string of the molecule is CCCCCP(CCCCC)c1ccc(Cl)cc1. The van der Waals surface area contributed by atoms with Gasteiger partial charge in [-0.15, -0.1) is 0 Å². The first-order valence-electron chi connectivity index (χ1n) is 7.28. The van der Waals surface area contributed by atoms with Gasteiger partial charge in [-0.05, 0) is 42.6 Å². The average molecular weight is 285 g/mol. The smallest absolute Gasteiger partial charge is 0.0406 e. The van der Waals surface area contributed by atoms with Gasteiger partial charge in [0.05, 0.1) is 0 Å². The van der Waals surface area contributed by atoms with Gasteiger partial charge in [-0.25, -0.2) is 0 Å². The zero-order valence-corrected chi connectivity index (χ0v) is 13.4. The van der Waals surface area contributed by atoms with E-state index in [0.717, 1.165) is 5.02 Å². The lowest BCUT2D eigenvalue weighted by Gasteiger charge is -2.18. The Bertz CT molecular complexity index is 297. The fourth-order valence-electron chi connectivity index (χ4n) is 2.13. The molecule has 0 N–H and O–H groups in total. The van der Waals surface area contributed by atoms with Crippen LogP contribution in [-0.4, -0.2) is 12.3 Å². The number of halogens is 1. The van der Waals surface area contributed by atoms with Crippen LogP contribution in [0.25, 0.3) is 0 Å². The lowest BCUT2D eigenvalue weighted by molar-refractivity contribution is 0.763. The largest absolute Gasteiger partial charge is 0.0843 e. The van der Waals surface area contributed by atoms with E-state index in [1.54, 1.807) is 5.30 Å². The Kier molecular flexibility index (Phi) is 8.72. The van der Waals surface area contributed by atoms with Crippen molar-refractivity contribution in [3.05, 3.63) is 29.3 Å². The third kappa shape index (κ3) is 6.21. The van der Waals surface area contributed by atoms with Crippen molar-refractivity contribution in [2.45, 2.75) is 52.4 Å². The average Bonchev–Trinajstić information content (AvgIpc) is 2.38. The molecule has 0 aliphatic carbocycles. The van der Waals surface area contributed by atoms with Gasteiger partial charge < -0.3 is 0 Å². The Morgan fingerprint density at radius 1 is 0.833 bits per heavy atom. The number of rotatable bonds is 9. The van der Waals surface area contributed by atoms with E-state index >= 15 is 0 Å². The molecule has 2 heteroatoms. The molecule has 0 aromatic heterocycles. The maximum atomic E-state index is 5.98. The Balaban J connectivity index is 2.54. The van der Waals surface area contributed by atoms with Crippen molar-refractivity contribution in [2.75, 3.05) is 12.3 Å². The standard InChI is InChI=1S/C16H26ClP/c1-3-5-7-13-18(14-8-6-4-2)16-11-9-15(17)10-12-16/h9-12H,3-8,13-14H2,1-2H3. The van der Waals surface area contributed by atoms with Crippen LogP contribution in [-0.2, 0) is 0 Å². The summed E-state index contributed by atoms with van der Waals surface area (Å²) >= 11 is 5.98. The number of hydrogen-bond acceptors (Lipinski definition) is 0. The van der Waals surface area contributed by atoms with Gasteiger partial charge >= 0.3 is 0 Å². The van der Waals surface area contributed by atoms with Crippen LogP contribution in [0.4, 0.5) is 0 Å². The molecule has 1 aromatic carbocycles. The van der Waals surface area contributed by atoms with Crippen molar-refractivity contribution in [3.8, 4) is 0 Å². The third-order valence-corrected chi connectivity index (χ3v) is 6.25. The fourth-order valence-corrected chi connectivity index (χ4v) is 4.77. The van der Waals surface area contributed by atoms with Gasteiger partial charge in [-0.2, -0.15) is 0 Å². The van der Waals surface area contributed by atoms with E-state index in [0.29, 0.717) is 0 Å². The van der Waals surface area contributed by atoms with Crippen LogP contribution in [0.1, 0.15) is 52.4 Å². The highest BCUT2D eigenvalue weighted by atomic mass is 35.5. The van der Waals surface area contributed by atoms with E-state index in [2.05, 4.69) is 26.0 Å². The van der Waals surface area contributed by atoms with Crippen LogP contribution in [0.5, 0.6) is 0 Å². The van der Waals surface area contributed by atoms with Gasteiger partial charge in [0, 0.05) is 5.02 Å². The zero-order chi connectivity index (χ0) is 13.2. The molecule has 0 spiro atoms. The number of benzene rings is 1. The van der Waals surface area contributed by atoms with Gasteiger partial charge in [0.25, 0.3) is 0 Å². The fraction of sp³-hybridized carbons (Fsp3) is 0.625. The second kappa shape index (κ2) is 9.82. The van der Waals surface area contributed by atoms with E-state index in [-0.39, 0.29) is 7.92 Å². The maximum Gasteiger partial charge on any atom is 0.0406 e. The van der Waals surface area contributed by atoms with Gasteiger partial charge in [-0.3, -0.25) is 0 Å². The Hall–Kier alpha value is -0.0600. The minimum absolute atomic E-state index is 0.0500. The quantitative estimate of drug-likeness (QED) is 0.395. The highest BCUT2D eigenvalue weighted by Gasteiger charge is 2.10. The number of hydrogen-bond donors (Lipinski definition) is 0. The Morgan fingerprint density at radius 2 is 1.33 bits per heavy atom. The molecule has 0 nitrogen and oxygen atoms in total. The molecule has 0 aliphatic rings. The molecule has 0 bridgehead atoms. The van der Waals surface area contributed by atoms with Crippen molar-refractivity contribution in [1.29, 1.82) is 0 Å². The summed E-state index contributed by atoms with van der Waals surface area (Å²) in [6.07, 6.45) is 11.0. The van der Waals surface area contributed by atoms with Gasteiger partial charge in [0.15, 0.2) is 0 Å². The van der Waals surface area contributed by atoms with Crippen molar-refractivity contribution < 1.29 is 0 Å². The van der Waals surface area contributed by atoms with Gasteiger partial charge in [0.2, 0.25) is 0 Å². The van der Waals surface area contributed by atoms with Crippen LogP contribution in [0.2, 0.25) is 5.02 Å². The minimum Gasteiger partial charge on any atom is -0.0843 e. The van der Waals surface area contributed by atoms with Crippen LogP contribution < -0.4 is 5.30 Å². The van der Waals surface area contributed by atoms with Crippen LogP contribution in [0.15, 0.2) is 24.3 Å². The summed E-state index contributed by atoms with van der Waals surface area (Å²) < 4.78 is 0. The summed E-state index contributed by atoms with van der Waals surface area (Å²) in [5.74, 6) is 0. The molecule has 0 atom stereocenters. The zero-order valence-electron chi connectivity index (χ0n) is 11.8. The molecule has 0 aliphatic heterocycles. The molecule has 102 valence electrons. The predicted octanol–water partition coefficient (Wildman–Crippen LogP) is 5.83. The van der Waals surface area contributed by atoms with Crippen molar-refractivity contribution in [1.82, 2.24) is 0 Å². The summed E-state index contributed by atoms with van der Waals surface area (Å²) in [5.41, 5.74) is 0. The van der Waals surface area contributed by atoms with E-state index in [1.165, 1.54) is 50.8 Å². The summed E-state index contributed by atoms with van der Waals surface area (Å²) in [6.45, 7) is 4.56. The Morgan fingerprint density at radius 3 is 1.78 bits per heavy atom. The van der Waals surface area contributed by atoms with E-state index < -0.39 is 0 Å². The second-order valence-electron chi connectivity index (χ2n) is 4.88. The molecule has 0 amide bonds. The summed E-state index contributed by atoms with van der Waals surface area (Å²) in [7, 11) is 0.0500. The van der Waals surface area contributed by atoms with Crippen LogP contribution in [0, 0.1) is 0 Å². The highest BCUT2D eigenvalue weighted by molar-refractivity contribution is 7.65. The molecule has 0 unspecified atom stereocenters. The molecular weight excluding hydrogens is 259 g/mol. The van der Waals surface area contributed by atoms with Gasteiger partial charge in [-0.1, -0.05) is 71.2 Å². The topological polar surface area (TPSA) is 0 Å². The van der Waals surface area contributed by atoms with Crippen molar-refractivity contribution in [3.63, 3.8) is 0 Å². The first kappa shape index (κ1) is 16.0. The molecule has 0 saturated heterocycles. The van der Waals surface area contributed by atoms with Crippen LogP contribution >= 0.6 is 19.5 Å². The molecule has 1 rings (SSSR count). The summed E-state index contributed by atoms with van der Waals surface area (Å²) in [5, 5.41) is 2.40. The van der Waals surface area contributed by atoms with E-state index in [9.17, 15) is 0 Å².